The number of H-pyrrole nitrogens is 1. The lowest BCUT2D eigenvalue weighted by molar-refractivity contribution is -0.0796. The first kappa shape index (κ1) is 14.9. The van der Waals surface area contributed by atoms with Crippen LogP contribution in [0.5, 0.6) is 5.75 Å². The van der Waals surface area contributed by atoms with E-state index in [9.17, 15) is 4.79 Å². The largest absolute Gasteiger partial charge is 0.484 e. The fraction of sp³-hybridized carbons (Fsp3) is 0.200. The Balaban J connectivity index is 1.63. The van der Waals surface area contributed by atoms with E-state index in [0.717, 1.165) is 5.56 Å². The van der Waals surface area contributed by atoms with E-state index in [4.69, 9.17) is 21.1 Å². The second-order valence-electron chi connectivity index (χ2n) is 5.15. The molecule has 9 heteroatoms. The number of hydrogen-bond donors (Lipinski definition) is 1. The van der Waals surface area contributed by atoms with Gasteiger partial charge in [0.2, 0.25) is 5.82 Å². The van der Waals surface area contributed by atoms with Crippen molar-refractivity contribution in [1.29, 1.82) is 0 Å². The maximum atomic E-state index is 11.0. The highest BCUT2D eigenvalue weighted by molar-refractivity contribution is 6.32. The van der Waals surface area contributed by atoms with Gasteiger partial charge in [0.05, 0.1) is 23.9 Å². The van der Waals surface area contributed by atoms with Crippen molar-refractivity contribution >= 4 is 11.6 Å². The lowest BCUT2D eigenvalue weighted by atomic mass is 10.1. The van der Waals surface area contributed by atoms with Gasteiger partial charge in [-0.1, -0.05) is 16.8 Å². The van der Waals surface area contributed by atoms with Gasteiger partial charge in [0, 0.05) is 5.56 Å². The highest BCUT2D eigenvalue weighted by Crippen LogP contribution is 2.31. The maximum Gasteiger partial charge on any atom is 0.439 e. The predicted molar refractivity (Wildman–Crippen MR) is 83.8 cm³/mol. The molecule has 0 spiro atoms. The molecule has 1 aliphatic rings. The molecule has 4 rings (SSSR count). The minimum absolute atomic E-state index is 0.0444. The summed E-state index contributed by atoms with van der Waals surface area (Å²) in [5.74, 6) is 0.193. The zero-order valence-corrected chi connectivity index (χ0v) is 13.0. The van der Waals surface area contributed by atoms with E-state index in [1.807, 2.05) is 6.07 Å². The zero-order chi connectivity index (χ0) is 16.5. The first-order chi connectivity index (χ1) is 11.7. The number of ether oxygens (including phenoxy) is 2. The number of hydrogen-bond acceptors (Lipinski definition) is 7. The van der Waals surface area contributed by atoms with E-state index >= 15 is 0 Å². The number of rotatable bonds is 4. The monoisotopic (exact) mass is 346 g/mol. The maximum absolute atomic E-state index is 11.0. The standard InChI is InChI=1S/C15H11ClN4O4/c16-10-3-8(1-2-13(10)23-9-5-22-6-9)11-4-12(18-7-17-11)14-19-15(21)24-20-14/h1-4,7,9H,5-6H2,(H,19,20,21). The van der Waals surface area contributed by atoms with Crippen LogP contribution in [0.2, 0.25) is 5.02 Å². The molecule has 0 unspecified atom stereocenters. The van der Waals surface area contributed by atoms with Crippen molar-refractivity contribution in [2.75, 3.05) is 13.2 Å². The second-order valence-corrected chi connectivity index (χ2v) is 5.56. The average Bonchev–Trinajstić information content (AvgIpc) is 2.99. The Morgan fingerprint density at radius 1 is 1.21 bits per heavy atom. The fourth-order valence-corrected chi connectivity index (χ4v) is 2.43. The molecule has 0 amide bonds. The van der Waals surface area contributed by atoms with Crippen LogP contribution in [-0.2, 0) is 4.74 Å². The summed E-state index contributed by atoms with van der Waals surface area (Å²) in [6.07, 6.45) is 1.42. The van der Waals surface area contributed by atoms with Gasteiger partial charge in [-0.25, -0.2) is 14.8 Å². The first-order valence-corrected chi connectivity index (χ1v) is 7.49. The van der Waals surface area contributed by atoms with Gasteiger partial charge in [0.15, 0.2) is 0 Å². The van der Waals surface area contributed by atoms with E-state index in [1.54, 1.807) is 18.2 Å². The summed E-state index contributed by atoms with van der Waals surface area (Å²) < 4.78 is 15.3. The van der Waals surface area contributed by atoms with E-state index in [0.29, 0.717) is 35.4 Å². The first-order valence-electron chi connectivity index (χ1n) is 7.12. The van der Waals surface area contributed by atoms with Gasteiger partial charge >= 0.3 is 5.76 Å². The van der Waals surface area contributed by atoms with Crippen LogP contribution < -0.4 is 10.5 Å². The lowest BCUT2D eigenvalue weighted by Gasteiger charge is -2.27. The third kappa shape index (κ3) is 2.89. The Morgan fingerprint density at radius 2 is 2.04 bits per heavy atom. The summed E-state index contributed by atoms with van der Waals surface area (Å²) in [6.45, 7) is 1.15. The Morgan fingerprint density at radius 3 is 2.71 bits per heavy atom. The van der Waals surface area contributed by atoms with Crippen molar-refractivity contribution in [3.05, 3.63) is 46.2 Å². The zero-order valence-electron chi connectivity index (χ0n) is 12.2. The molecule has 1 N–H and O–H groups in total. The molecule has 24 heavy (non-hydrogen) atoms. The minimum Gasteiger partial charge on any atom is -0.484 e. The van der Waals surface area contributed by atoms with Crippen LogP contribution in [0, 0.1) is 0 Å². The molecule has 0 saturated carbocycles. The molecule has 1 aliphatic heterocycles. The van der Waals surface area contributed by atoms with Gasteiger partial charge in [0.1, 0.15) is 23.9 Å². The van der Waals surface area contributed by atoms with Crippen molar-refractivity contribution in [2.24, 2.45) is 0 Å². The number of halogens is 1. The molecule has 122 valence electrons. The molecule has 1 saturated heterocycles. The van der Waals surface area contributed by atoms with E-state index in [2.05, 4.69) is 24.6 Å². The third-order valence-electron chi connectivity index (χ3n) is 3.48. The quantitative estimate of drug-likeness (QED) is 0.769. The van der Waals surface area contributed by atoms with Gasteiger partial charge in [-0.15, -0.1) is 0 Å². The Bertz CT molecular complexity index is 935. The van der Waals surface area contributed by atoms with Crippen LogP contribution in [0.1, 0.15) is 0 Å². The van der Waals surface area contributed by atoms with E-state index < -0.39 is 5.76 Å². The normalized spacial score (nSPS) is 14.4. The molecular formula is C15H11ClN4O4. The molecule has 2 aromatic heterocycles. The highest BCUT2D eigenvalue weighted by atomic mass is 35.5. The summed E-state index contributed by atoms with van der Waals surface area (Å²) in [7, 11) is 0. The van der Waals surface area contributed by atoms with Gasteiger partial charge in [-0.05, 0) is 24.3 Å². The van der Waals surface area contributed by atoms with Gasteiger partial charge in [-0.3, -0.25) is 9.51 Å². The fourth-order valence-electron chi connectivity index (χ4n) is 2.20. The van der Waals surface area contributed by atoms with Crippen molar-refractivity contribution in [1.82, 2.24) is 20.1 Å². The van der Waals surface area contributed by atoms with Crippen LogP contribution in [0.15, 0.2) is 39.9 Å². The predicted octanol–water partition coefficient (Wildman–Crippen LogP) is 1.92. The molecule has 1 aromatic carbocycles. The topological polar surface area (TPSA) is 103 Å². The van der Waals surface area contributed by atoms with E-state index in [1.165, 1.54) is 6.33 Å². The molecular weight excluding hydrogens is 336 g/mol. The molecule has 3 aromatic rings. The number of nitrogens with zero attached hydrogens (tertiary/aromatic N) is 3. The number of nitrogens with one attached hydrogen (secondary N) is 1. The average molecular weight is 347 g/mol. The molecule has 0 bridgehead atoms. The molecule has 3 heterocycles. The van der Waals surface area contributed by atoms with E-state index in [-0.39, 0.29) is 11.9 Å². The smallest absolute Gasteiger partial charge is 0.439 e. The number of benzene rings is 1. The summed E-state index contributed by atoms with van der Waals surface area (Å²) in [5, 5.41) is 4.09. The van der Waals surface area contributed by atoms with Crippen LogP contribution >= 0.6 is 11.6 Å². The third-order valence-corrected chi connectivity index (χ3v) is 3.77. The molecule has 0 atom stereocenters. The summed E-state index contributed by atoms with van der Waals surface area (Å²) in [6, 6.07) is 7.07. The van der Waals surface area contributed by atoms with Crippen molar-refractivity contribution in [3.63, 3.8) is 0 Å². The number of aromatic amines is 1. The molecule has 8 nitrogen and oxygen atoms in total. The summed E-state index contributed by atoms with van der Waals surface area (Å²) in [5.41, 5.74) is 1.85. The van der Waals surface area contributed by atoms with Crippen LogP contribution in [-0.4, -0.2) is 39.4 Å². The number of aromatic nitrogens is 4. The molecule has 0 aliphatic carbocycles. The Hall–Kier alpha value is -2.71. The Kier molecular flexibility index (Phi) is 3.75. The summed E-state index contributed by atoms with van der Waals surface area (Å²) in [4.78, 5) is 21.8. The Labute approximate surface area is 140 Å². The van der Waals surface area contributed by atoms with Crippen LogP contribution in [0.3, 0.4) is 0 Å². The van der Waals surface area contributed by atoms with Gasteiger partial charge in [-0.2, -0.15) is 0 Å². The van der Waals surface area contributed by atoms with Crippen molar-refractivity contribution in [2.45, 2.75) is 6.10 Å². The SMILES string of the molecule is O=c1[nH]c(-c2cc(-c3ccc(OC4COC4)c(Cl)c3)ncn2)no1. The highest BCUT2D eigenvalue weighted by Gasteiger charge is 2.21. The van der Waals surface area contributed by atoms with Crippen LogP contribution in [0.25, 0.3) is 22.8 Å². The molecule has 0 radical (unpaired) electrons. The van der Waals surface area contributed by atoms with Crippen molar-refractivity contribution < 1.29 is 14.0 Å². The van der Waals surface area contributed by atoms with Gasteiger partial charge < -0.3 is 9.47 Å². The summed E-state index contributed by atoms with van der Waals surface area (Å²) >= 11 is 6.28. The molecule has 1 fully saturated rings. The minimum atomic E-state index is -0.644. The second kappa shape index (κ2) is 6.06. The van der Waals surface area contributed by atoms with Crippen molar-refractivity contribution in [3.8, 4) is 28.5 Å². The lowest BCUT2D eigenvalue weighted by Crippen LogP contribution is -2.38. The van der Waals surface area contributed by atoms with Gasteiger partial charge in [0.25, 0.3) is 0 Å². The van der Waals surface area contributed by atoms with Crippen LogP contribution in [0.4, 0.5) is 0 Å².